The molecule has 2 aromatic heterocycles. The summed E-state index contributed by atoms with van der Waals surface area (Å²) in [7, 11) is 0. The van der Waals surface area contributed by atoms with E-state index in [9.17, 15) is 4.79 Å². The summed E-state index contributed by atoms with van der Waals surface area (Å²) in [6.07, 6.45) is 5.58. The van der Waals surface area contributed by atoms with Crippen molar-refractivity contribution < 1.29 is 9.53 Å². The lowest BCUT2D eigenvalue weighted by molar-refractivity contribution is -0.120. The van der Waals surface area contributed by atoms with Crippen molar-refractivity contribution >= 4 is 16.7 Å². The van der Waals surface area contributed by atoms with E-state index in [0.29, 0.717) is 13.2 Å². The molecule has 3 heterocycles. The Labute approximate surface area is 151 Å². The van der Waals surface area contributed by atoms with Crippen LogP contribution in [0, 0.1) is 18.8 Å². The highest BCUT2D eigenvalue weighted by Gasteiger charge is 2.72. The van der Waals surface area contributed by atoms with E-state index < -0.39 is 0 Å². The molecule has 0 radical (unpaired) electrons. The van der Waals surface area contributed by atoms with Gasteiger partial charge in [-0.15, -0.1) is 0 Å². The third kappa shape index (κ3) is 2.04. The summed E-state index contributed by atoms with van der Waals surface area (Å²) in [5.41, 5.74) is 9.63. The summed E-state index contributed by atoms with van der Waals surface area (Å²) >= 11 is 0. The molecule has 2 aliphatic rings. The third-order valence-electron chi connectivity index (χ3n) is 6.00. The highest BCUT2D eigenvalue weighted by atomic mass is 16.5. The molecule has 3 unspecified atom stereocenters. The lowest BCUT2D eigenvalue weighted by atomic mass is 9.95. The molecule has 0 spiro atoms. The average molecular weight is 345 g/mol. The molecule has 130 valence electrons. The summed E-state index contributed by atoms with van der Waals surface area (Å²) in [5, 5.41) is 2.17. The monoisotopic (exact) mass is 345 g/mol. The summed E-state index contributed by atoms with van der Waals surface area (Å²) in [6, 6.07) is 10.4. The van der Waals surface area contributed by atoms with E-state index in [4.69, 9.17) is 10.5 Å². The Hall–Kier alpha value is -2.79. The van der Waals surface area contributed by atoms with Gasteiger partial charge in [0.15, 0.2) is 0 Å². The van der Waals surface area contributed by atoms with E-state index in [1.165, 1.54) is 5.56 Å². The summed E-state index contributed by atoms with van der Waals surface area (Å²) in [6.45, 7) is 3.20. The zero-order chi connectivity index (χ0) is 17.9. The second kappa shape index (κ2) is 5.35. The topological polar surface area (TPSA) is 78.1 Å². The van der Waals surface area contributed by atoms with Crippen LogP contribution in [0.15, 0.2) is 48.9 Å². The maximum absolute atomic E-state index is 11.8. The number of hydrogen-bond donors (Lipinski definition) is 1. The number of rotatable bonds is 3. The predicted molar refractivity (Wildman–Crippen MR) is 98.4 cm³/mol. The highest BCUT2D eigenvalue weighted by molar-refractivity contribution is 5.89. The number of fused-ring (bicyclic) bond motifs is 2. The highest BCUT2D eigenvalue weighted by Crippen LogP contribution is 2.63. The Bertz CT molecular complexity index is 1050. The van der Waals surface area contributed by atoms with E-state index in [-0.39, 0.29) is 23.2 Å². The zero-order valence-corrected chi connectivity index (χ0v) is 14.5. The van der Waals surface area contributed by atoms with E-state index in [0.717, 1.165) is 27.6 Å². The van der Waals surface area contributed by atoms with Gasteiger partial charge in [0.25, 0.3) is 0 Å². The second-order valence-corrected chi connectivity index (χ2v) is 7.36. The molecule has 3 atom stereocenters. The molecule has 5 heteroatoms. The standard InChI is InChI=1S/C21H19N3O2/c1-12-4-5-23-9-16(12)14-3-2-13-7-18(24-8-15(13)6-14)21-11-26-10-17(21)19(21)20(22)25/h2-9,17,19H,10-11H2,1H3,(H2,22,25). The maximum atomic E-state index is 11.8. The van der Waals surface area contributed by atoms with E-state index in [2.05, 4.69) is 41.2 Å². The molecule has 1 aromatic carbocycles. The number of hydrogen-bond acceptors (Lipinski definition) is 4. The fraction of sp³-hybridized carbons (Fsp3) is 0.286. The molecule has 5 rings (SSSR count). The van der Waals surface area contributed by atoms with E-state index >= 15 is 0 Å². The van der Waals surface area contributed by atoms with Crippen molar-refractivity contribution in [1.29, 1.82) is 0 Å². The number of amides is 1. The number of benzene rings is 1. The lowest BCUT2D eigenvalue weighted by Crippen LogP contribution is -2.25. The van der Waals surface area contributed by atoms with Crippen LogP contribution in [0.4, 0.5) is 0 Å². The molecule has 1 saturated carbocycles. The van der Waals surface area contributed by atoms with Gasteiger partial charge in [-0.3, -0.25) is 14.8 Å². The lowest BCUT2D eigenvalue weighted by Gasteiger charge is -2.14. The minimum absolute atomic E-state index is 0.154. The fourth-order valence-electron chi connectivity index (χ4n) is 4.52. The van der Waals surface area contributed by atoms with Crippen molar-refractivity contribution in [3.05, 3.63) is 60.2 Å². The van der Waals surface area contributed by atoms with Crippen molar-refractivity contribution in [2.45, 2.75) is 12.3 Å². The van der Waals surface area contributed by atoms with Crippen LogP contribution in [-0.4, -0.2) is 29.1 Å². The van der Waals surface area contributed by atoms with Crippen molar-refractivity contribution in [2.75, 3.05) is 13.2 Å². The van der Waals surface area contributed by atoms with Crippen LogP contribution in [-0.2, 0) is 14.9 Å². The number of pyridine rings is 2. The third-order valence-corrected chi connectivity index (χ3v) is 6.00. The van der Waals surface area contributed by atoms with Crippen molar-refractivity contribution in [3.8, 4) is 11.1 Å². The van der Waals surface area contributed by atoms with Crippen LogP contribution in [0.25, 0.3) is 21.9 Å². The molecular weight excluding hydrogens is 326 g/mol. The minimum Gasteiger partial charge on any atom is -0.380 e. The van der Waals surface area contributed by atoms with Crippen LogP contribution in [0.5, 0.6) is 0 Å². The van der Waals surface area contributed by atoms with Gasteiger partial charge in [0.1, 0.15) is 0 Å². The fourth-order valence-corrected chi connectivity index (χ4v) is 4.52. The maximum Gasteiger partial charge on any atom is 0.222 e. The molecule has 5 nitrogen and oxygen atoms in total. The molecule has 26 heavy (non-hydrogen) atoms. The van der Waals surface area contributed by atoms with Gasteiger partial charge in [-0.25, -0.2) is 0 Å². The van der Waals surface area contributed by atoms with Crippen LogP contribution in [0.1, 0.15) is 11.3 Å². The Morgan fingerprint density at radius 2 is 2.12 bits per heavy atom. The van der Waals surface area contributed by atoms with E-state index in [1.807, 2.05) is 18.5 Å². The van der Waals surface area contributed by atoms with Crippen molar-refractivity contribution in [1.82, 2.24) is 9.97 Å². The Morgan fingerprint density at radius 3 is 2.88 bits per heavy atom. The number of nitrogens with zero attached hydrogens (tertiary/aromatic N) is 2. The first-order chi connectivity index (χ1) is 12.6. The van der Waals surface area contributed by atoms with E-state index in [1.54, 1.807) is 6.20 Å². The largest absolute Gasteiger partial charge is 0.380 e. The molecule has 2 N–H and O–H groups in total. The smallest absolute Gasteiger partial charge is 0.222 e. The number of carbonyl (C=O) groups excluding carboxylic acids is 1. The van der Waals surface area contributed by atoms with Gasteiger partial charge in [-0.2, -0.15) is 0 Å². The number of carbonyl (C=O) groups is 1. The zero-order valence-electron chi connectivity index (χ0n) is 14.5. The van der Waals surface area contributed by atoms with Gasteiger partial charge < -0.3 is 10.5 Å². The minimum atomic E-state index is -0.321. The predicted octanol–water partition coefficient (Wildman–Crippen LogP) is 2.60. The van der Waals surface area contributed by atoms with Crippen LogP contribution < -0.4 is 5.73 Å². The summed E-state index contributed by atoms with van der Waals surface area (Å²) < 4.78 is 5.59. The Kier molecular flexibility index (Phi) is 3.18. The van der Waals surface area contributed by atoms with Crippen LogP contribution >= 0.6 is 0 Å². The molecule has 1 aliphatic heterocycles. The first-order valence-corrected chi connectivity index (χ1v) is 8.79. The van der Waals surface area contributed by atoms with Gasteiger partial charge in [-0.1, -0.05) is 12.1 Å². The van der Waals surface area contributed by atoms with Gasteiger partial charge in [-0.05, 0) is 41.6 Å². The van der Waals surface area contributed by atoms with Crippen LogP contribution in [0.3, 0.4) is 0 Å². The normalized spacial score (nSPS) is 26.7. The number of primary amides is 1. The number of nitrogens with two attached hydrogens (primary N) is 1. The Morgan fingerprint density at radius 1 is 1.23 bits per heavy atom. The summed E-state index contributed by atoms with van der Waals surface area (Å²) in [4.78, 5) is 20.7. The molecule has 1 saturated heterocycles. The quantitative estimate of drug-likeness (QED) is 0.791. The second-order valence-electron chi connectivity index (χ2n) is 7.36. The average Bonchev–Trinajstić information content (AvgIpc) is 3.11. The molecular formula is C21H19N3O2. The van der Waals surface area contributed by atoms with Gasteiger partial charge in [0, 0.05) is 35.5 Å². The number of aromatic nitrogens is 2. The SMILES string of the molecule is Cc1ccncc1-c1ccc2cc(C34COCC3C4C(N)=O)ncc2c1. The summed E-state index contributed by atoms with van der Waals surface area (Å²) in [5.74, 6) is -0.233. The molecule has 1 aliphatic carbocycles. The Balaban J connectivity index is 1.57. The molecule has 2 fully saturated rings. The molecule has 0 bridgehead atoms. The van der Waals surface area contributed by atoms with Gasteiger partial charge >= 0.3 is 0 Å². The first-order valence-electron chi connectivity index (χ1n) is 8.79. The van der Waals surface area contributed by atoms with Crippen molar-refractivity contribution in [2.24, 2.45) is 17.6 Å². The molecule has 3 aromatic rings. The number of aryl methyl sites for hydroxylation is 1. The van der Waals surface area contributed by atoms with Gasteiger partial charge in [0.05, 0.1) is 30.2 Å². The molecule has 1 amide bonds. The van der Waals surface area contributed by atoms with Crippen molar-refractivity contribution in [3.63, 3.8) is 0 Å². The van der Waals surface area contributed by atoms with Gasteiger partial charge in [0.2, 0.25) is 5.91 Å². The first kappa shape index (κ1) is 15.5. The van der Waals surface area contributed by atoms with Crippen LogP contribution in [0.2, 0.25) is 0 Å². The number of ether oxygens (including phenoxy) is 1.